The molecule has 182 valence electrons. The Morgan fingerprint density at radius 1 is 0.676 bits per heavy atom. The number of unbranched alkanes of at least 4 members (excludes halogenated alkanes) is 5. The number of para-hydroxylation sites is 2. The highest BCUT2D eigenvalue weighted by Crippen LogP contribution is 2.15. The number of benzene rings is 2. The molecule has 0 heterocycles. The lowest BCUT2D eigenvalue weighted by molar-refractivity contribution is -0.122. The van der Waals surface area contributed by atoms with E-state index in [1.54, 1.807) is 26.6 Å². The lowest BCUT2D eigenvalue weighted by atomic mass is 10.1. The molecule has 34 heavy (non-hydrogen) atoms. The van der Waals surface area contributed by atoms with E-state index in [0.29, 0.717) is 24.3 Å². The number of amides is 2. The number of nitrogens with one attached hydrogen (secondary N) is 2. The van der Waals surface area contributed by atoms with E-state index >= 15 is 0 Å². The van der Waals surface area contributed by atoms with Gasteiger partial charge in [0.05, 0.1) is 26.6 Å². The second-order valence-electron chi connectivity index (χ2n) is 7.69. The van der Waals surface area contributed by atoms with Crippen LogP contribution in [0.5, 0.6) is 11.5 Å². The summed E-state index contributed by atoms with van der Waals surface area (Å²) in [4.78, 5) is 23.8. The first-order valence-corrected chi connectivity index (χ1v) is 11.5. The van der Waals surface area contributed by atoms with Crippen LogP contribution in [-0.4, -0.2) is 38.5 Å². The van der Waals surface area contributed by atoms with E-state index in [4.69, 9.17) is 9.47 Å². The lowest BCUT2D eigenvalue weighted by Crippen LogP contribution is -2.17. The summed E-state index contributed by atoms with van der Waals surface area (Å²) in [5.41, 5.74) is 6.72. The van der Waals surface area contributed by atoms with Crippen molar-refractivity contribution in [1.82, 2.24) is 10.9 Å². The number of methoxy groups -OCH3 is 2. The Balaban J connectivity index is 1.48. The molecule has 0 bridgehead atoms. The highest BCUT2D eigenvalue weighted by Gasteiger charge is 2.03. The van der Waals surface area contributed by atoms with Crippen LogP contribution in [-0.2, 0) is 9.59 Å². The Kier molecular flexibility index (Phi) is 12.5. The summed E-state index contributed by atoms with van der Waals surface area (Å²) >= 11 is 0. The second kappa shape index (κ2) is 16.0. The predicted octanol–water partition coefficient (Wildman–Crippen LogP) is 4.43. The van der Waals surface area contributed by atoms with Crippen molar-refractivity contribution in [2.45, 2.75) is 51.4 Å². The number of nitrogens with zero attached hydrogens (tertiary/aromatic N) is 2. The number of ether oxygens (including phenoxy) is 2. The van der Waals surface area contributed by atoms with E-state index < -0.39 is 0 Å². The topological polar surface area (TPSA) is 101 Å². The van der Waals surface area contributed by atoms with Gasteiger partial charge in [0.1, 0.15) is 11.5 Å². The van der Waals surface area contributed by atoms with Crippen LogP contribution in [0, 0.1) is 0 Å². The largest absolute Gasteiger partial charge is 0.496 e. The van der Waals surface area contributed by atoms with Gasteiger partial charge in [-0.25, -0.2) is 10.9 Å². The number of hydrazone groups is 2. The molecule has 0 saturated carbocycles. The quantitative estimate of drug-likeness (QED) is 0.230. The normalized spacial score (nSPS) is 11.0. The number of hydrogen-bond acceptors (Lipinski definition) is 6. The van der Waals surface area contributed by atoms with Crippen molar-refractivity contribution in [2.24, 2.45) is 10.2 Å². The van der Waals surface area contributed by atoms with E-state index in [-0.39, 0.29) is 11.8 Å². The minimum atomic E-state index is -0.100. The van der Waals surface area contributed by atoms with Crippen molar-refractivity contribution in [3.05, 3.63) is 59.7 Å². The van der Waals surface area contributed by atoms with Crippen molar-refractivity contribution in [2.75, 3.05) is 14.2 Å². The number of carbonyl (C=O) groups is 2. The van der Waals surface area contributed by atoms with Crippen LogP contribution < -0.4 is 20.3 Å². The zero-order chi connectivity index (χ0) is 24.4. The Bertz CT molecular complexity index is 882. The standard InChI is InChI=1S/C26H34N4O4/c1-33-23-15-11-9-13-21(23)19-27-29-25(31)17-7-5-3-4-6-8-18-26(32)30-28-20-22-14-10-12-16-24(22)34-2/h9-16,19-20H,3-8,17-18H2,1-2H3,(H,29,31)(H,30,32)/b27-19+,28-20+. The molecular formula is C26H34N4O4. The minimum Gasteiger partial charge on any atom is -0.496 e. The maximum atomic E-state index is 11.9. The predicted molar refractivity (Wildman–Crippen MR) is 134 cm³/mol. The lowest BCUT2D eigenvalue weighted by Gasteiger charge is -2.04. The van der Waals surface area contributed by atoms with Gasteiger partial charge >= 0.3 is 0 Å². The van der Waals surface area contributed by atoms with Crippen molar-refractivity contribution in [3.8, 4) is 11.5 Å². The fourth-order valence-corrected chi connectivity index (χ4v) is 3.28. The molecule has 8 heteroatoms. The third kappa shape index (κ3) is 10.3. The number of hydrogen-bond donors (Lipinski definition) is 2. The summed E-state index contributed by atoms with van der Waals surface area (Å²) in [6.45, 7) is 0. The molecule has 0 radical (unpaired) electrons. The fraction of sp³-hybridized carbons (Fsp3) is 0.385. The van der Waals surface area contributed by atoms with Crippen molar-refractivity contribution in [3.63, 3.8) is 0 Å². The van der Waals surface area contributed by atoms with Gasteiger partial charge in [0.15, 0.2) is 0 Å². The van der Waals surface area contributed by atoms with Crippen LogP contribution in [0.4, 0.5) is 0 Å². The van der Waals surface area contributed by atoms with Crippen LogP contribution in [0.2, 0.25) is 0 Å². The molecule has 2 N–H and O–H groups in total. The van der Waals surface area contributed by atoms with E-state index in [1.165, 1.54) is 0 Å². The summed E-state index contributed by atoms with van der Waals surface area (Å²) in [5.74, 6) is 1.21. The molecule has 8 nitrogen and oxygen atoms in total. The number of carbonyl (C=O) groups excluding carboxylic acids is 2. The van der Waals surface area contributed by atoms with Gasteiger partial charge in [0.25, 0.3) is 0 Å². The molecule has 0 aromatic heterocycles. The summed E-state index contributed by atoms with van der Waals surface area (Å²) in [7, 11) is 3.19. The molecule has 0 spiro atoms. The van der Waals surface area contributed by atoms with Crippen molar-refractivity contribution < 1.29 is 19.1 Å². The van der Waals surface area contributed by atoms with Gasteiger partial charge in [-0.2, -0.15) is 10.2 Å². The molecule has 0 aliphatic carbocycles. The molecule has 0 aliphatic rings. The van der Waals surface area contributed by atoms with Crippen LogP contribution in [0.3, 0.4) is 0 Å². The van der Waals surface area contributed by atoms with Gasteiger partial charge < -0.3 is 9.47 Å². The summed E-state index contributed by atoms with van der Waals surface area (Å²) < 4.78 is 10.5. The van der Waals surface area contributed by atoms with Crippen molar-refractivity contribution in [1.29, 1.82) is 0 Å². The fourth-order valence-electron chi connectivity index (χ4n) is 3.28. The average Bonchev–Trinajstić information content (AvgIpc) is 2.86. The Morgan fingerprint density at radius 3 is 1.47 bits per heavy atom. The third-order valence-electron chi connectivity index (χ3n) is 5.12. The summed E-state index contributed by atoms with van der Waals surface area (Å²) in [6, 6.07) is 14.9. The van der Waals surface area contributed by atoms with Gasteiger partial charge in [-0.15, -0.1) is 0 Å². The average molecular weight is 467 g/mol. The van der Waals surface area contributed by atoms with Gasteiger partial charge in [0.2, 0.25) is 11.8 Å². The maximum Gasteiger partial charge on any atom is 0.240 e. The van der Waals surface area contributed by atoms with E-state index in [0.717, 1.165) is 49.7 Å². The maximum absolute atomic E-state index is 11.9. The summed E-state index contributed by atoms with van der Waals surface area (Å²) in [5, 5.41) is 7.99. The first-order chi connectivity index (χ1) is 16.6. The molecule has 0 atom stereocenters. The zero-order valence-corrected chi connectivity index (χ0v) is 20.0. The Hall–Kier alpha value is -3.68. The molecule has 2 rings (SSSR count). The number of rotatable bonds is 15. The highest BCUT2D eigenvalue weighted by atomic mass is 16.5. The molecule has 2 aromatic carbocycles. The zero-order valence-electron chi connectivity index (χ0n) is 20.0. The van der Waals surface area contributed by atoms with E-state index in [1.807, 2.05) is 48.5 Å². The van der Waals surface area contributed by atoms with Gasteiger partial charge in [-0.1, -0.05) is 49.9 Å². The molecule has 0 saturated heterocycles. The van der Waals surface area contributed by atoms with Gasteiger partial charge in [0, 0.05) is 24.0 Å². The van der Waals surface area contributed by atoms with Crippen molar-refractivity contribution >= 4 is 24.2 Å². The van der Waals surface area contributed by atoms with E-state index in [9.17, 15) is 9.59 Å². The Labute approximate surface area is 201 Å². The van der Waals surface area contributed by atoms with Crippen LogP contribution in [0.15, 0.2) is 58.7 Å². The van der Waals surface area contributed by atoms with Crippen LogP contribution in [0.1, 0.15) is 62.5 Å². The SMILES string of the molecule is COc1ccccc1/C=N/NC(=O)CCCCCCCCC(=O)N/N=C/c1ccccc1OC. The van der Waals surface area contributed by atoms with Crippen LogP contribution >= 0.6 is 0 Å². The second-order valence-corrected chi connectivity index (χ2v) is 7.69. The molecule has 0 unspecified atom stereocenters. The highest BCUT2D eigenvalue weighted by molar-refractivity contribution is 5.85. The van der Waals surface area contributed by atoms with Gasteiger partial charge in [-0.05, 0) is 37.1 Å². The first-order valence-electron chi connectivity index (χ1n) is 11.5. The van der Waals surface area contributed by atoms with E-state index in [2.05, 4.69) is 21.1 Å². The Morgan fingerprint density at radius 2 is 1.06 bits per heavy atom. The third-order valence-corrected chi connectivity index (χ3v) is 5.12. The van der Waals surface area contributed by atoms with Gasteiger partial charge in [-0.3, -0.25) is 9.59 Å². The molecule has 2 aromatic rings. The van der Waals surface area contributed by atoms with Crippen LogP contribution in [0.25, 0.3) is 0 Å². The molecule has 0 aliphatic heterocycles. The molecular weight excluding hydrogens is 432 g/mol. The first kappa shape index (κ1) is 26.6. The molecule has 0 fully saturated rings. The smallest absolute Gasteiger partial charge is 0.240 e. The monoisotopic (exact) mass is 466 g/mol. The molecule has 2 amide bonds. The summed E-state index contributed by atoms with van der Waals surface area (Å²) in [6.07, 6.45) is 9.68. The minimum absolute atomic E-state index is 0.100.